The van der Waals surface area contributed by atoms with Crippen LogP contribution in [0, 0.1) is 0 Å². The van der Waals surface area contributed by atoms with Gasteiger partial charge in [0.25, 0.3) is 0 Å². The van der Waals surface area contributed by atoms with Crippen molar-refractivity contribution in [1.29, 1.82) is 0 Å². The highest BCUT2D eigenvalue weighted by atomic mass is 35.5. The third-order valence-electron chi connectivity index (χ3n) is 2.86. The number of aliphatic hydroxyl groups is 1. The number of rotatable bonds is 7. The maximum atomic E-state index is 11.9. The molecular weight excluding hydrogens is 276 g/mol. The average Bonchev–Trinajstić information content (AvgIpc) is 2.35. The zero-order valence-corrected chi connectivity index (χ0v) is 13.1. The average molecular weight is 299 g/mol. The van der Waals surface area contributed by atoms with Crippen LogP contribution in [0.3, 0.4) is 0 Å². The zero-order valence-electron chi connectivity index (χ0n) is 12.3. The van der Waals surface area contributed by atoms with Crippen LogP contribution in [-0.4, -0.2) is 41.1 Å². The fourth-order valence-electron chi connectivity index (χ4n) is 1.92. The minimum atomic E-state index is -0.807. The van der Waals surface area contributed by atoms with E-state index in [0.29, 0.717) is 24.7 Å². The fraction of sp³-hybridized carbons (Fsp3) is 0.533. The summed E-state index contributed by atoms with van der Waals surface area (Å²) >= 11 is 6.03. The smallest absolute Gasteiger partial charge is 0.234 e. The second-order valence-corrected chi connectivity index (χ2v) is 5.89. The molecule has 0 radical (unpaired) electrons. The number of nitrogens with zero attached hydrogens (tertiary/aromatic N) is 1. The second kappa shape index (κ2) is 7.62. The van der Waals surface area contributed by atoms with Gasteiger partial charge in [0, 0.05) is 18.1 Å². The molecule has 0 bridgehead atoms. The van der Waals surface area contributed by atoms with E-state index in [9.17, 15) is 9.90 Å². The monoisotopic (exact) mass is 298 g/mol. The number of hydrogen-bond donors (Lipinski definition) is 2. The summed E-state index contributed by atoms with van der Waals surface area (Å²) in [6.45, 7) is 7.29. The molecule has 1 rings (SSSR count). The molecule has 20 heavy (non-hydrogen) atoms. The number of carbonyl (C=O) groups is 1. The van der Waals surface area contributed by atoms with Crippen molar-refractivity contribution in [3.05, 3.63) is 34.9 Å². The molecule has 0 saturated heterocycles. The quantitative estimate of drug-likeness (QED) is 0.810. The van der Waals surface area contributed by atoms with Crippen LogP contribution in [-0.2, 0) is 11.3 Å². The van der Waals surface area contributed by atoms with Crippen LogP contribution >= 0.6 is 11.6 Å². The van der Waals surface area contributed by atoms with Gasteiger partial charge in [-0.25, -0.2) is 0 Å². The standard InChI is InChI=1S/C15H23ClN2O2/c1-4-18(11-15(2,3)20)10-14(19)17-9-12-7-5-6-8-13(12)16/h5-8,20H,4,9-11H2,1-3H3,(H,17,19). The molecule has 0 aliphatic rings. The molecule has 0 aliphatic carbocycles. The molecule has 0 unspecified atom stereocenters. The Kier molecular flexibility index (Phi) is 6.46. The second-order valence-electron chi connectivity index (χ2n) is 5.48. The Morgan fingerprint density at radius 3 is 2.60 bits per heavy atom. The van der Waals surface area contributed by atoms with Crippen molar-refractivity contribution in [2.45, 2.75) is 32.9 Å². The maximum Gasteiger partial charge on any atom is 0.234 e. The van der Waals surface area contributed by atoms with E-state index in [2.05, 4.69) is 5.32 Å². The lowest BCUT2D eigenvalue weighted by Gasteiger charge is -2.27. The summed E-state index contributed by atoms with van der Waals surface area (Å²) in [6.07, 6.45) is 0. The number of hydrogen-bond acceptors (Lipinski definition) is 3. The summed E-state index contributed by atoms with van der Waals surface area (Å²) in [7, 11) is 0. The highest BCUT2D eigenvalue weighted by Gasteiger charge is 2.19. The van der Waals surface area contributed by atoms with Gasteiger partial charge in [-0.05, 0) is 32.0 Å². The third kappa shape index (κ3) is 6.37. The van der Waals surface area contributed by atoms with Gasteiger partial charge in [-0.1, -0.05) is 36.7 Å². The molecule has 5 heteroatoms. The summed E-state index contributed by atoms with van der Waals surface area (Å²) in [5, 5.41) is 13.3. The lowest BCUT2D eigenvalue weighted by molar-refractivity contribution is -0.123. The topological polar surface area (TPSA) is 52.6 Å². The van der Waals surface area contributed by atoms with Gasteiger partial charge in [0.1, 0.15) is 0 Å². The van der Waals surface area contributed by atoms with Gasteiger partial charge in [0.15, 0.2) is 0 Å². The molecule has 0 heterocycles. The molecule has 112 valence electrons. The molecule has 4 nitrogen and oxygen atoms in total. The molecule has 0 aliphatic heterocycles. The largest absolute Gasteiger partial charge is 0.389 e. The SMILES string of the molecule is CCN(CC(=O)NCc1ccccc1Cl)CC(C)(C)O. The molecule has 1 aromatic rings. The Morgan fingerprint density at radius 1 is 1.40 bits per heavy atom. The molecule has 1 aromatic carbocycles. The summed E-state index contributed by atoms with van der Waals surface area (Å²) < 4.78 is 0. The minimum Gasteiger partial charge on any atom is -0.389 e. The van der Waals surface area contributed by atoms with Gasteiger partial charge in [-0.2, -0.15) is 0 Å². The molecule has 0 saturated carbocycles. The molecule has 0 aromatic heterocycles. The van der Waals surface area contributed by atoms with Gasteiger partial charge in [0.05, 0.1) is 12.1 Å². The number of amides is 1. The molecular formula is C15H23ClN2O2. The van der Waals surface area contributed by atoms with Crippen LogP contribution in [0.1, 0.15) is 26.3 Å². The van der Waals surface area contributed by atoms with Crippen LogP contribution in [0.2, 0.25) is 5.02 Å². The van der Waals surface area contributed by atoms with E-state index in [-0.39, 0.29) is 12.5 Å². The normalized spacial score (nSPS) is 11.7. The Balaban J connectivity index is 2.45. The fourth-order valence-corrected chi connectivity index (χ4v) is 2.12. The van der Waals surface area contributed by atoms with E-state index >= 15 is 0 Å². The number of likely N-dealkylation sites (N-methyl/N-ethyl adjacent to an activating group) is 1. The van der Waals surface area contributed by atoms with Gasteiger partial charge >= 0.3 is 0 Å². The number of nitrogens with one attached hydrogen (secondary N) is 1. The molecule has 1 amide bonds. The molecule has 0 fully saturated rings. The van der Waals surface area contributed by atoms with Crippen molar-refractivity contribution in [2.24, 2.45) is 0 Å². The first-order valence-electron chi connectivity index (χ1n) is 6.76. The Labute approximate surface area is 125 Å². The first-order chi connectivity index (χ1) is 9.31. The molecule has 0 spiro atoms. The summed E-state index contributed by atoms with van der Waals surface area (Å²) in [5.74, 6) is -0.0731. The highest BCUT2D eigenvalue weighted by molar-refractivity contribution is 6.31. The van der Waals surface area contributed by atoms with Gasteiger partial charge < -0.3 is 10.4 Å². The lowest BCUT2D eigenvalue weighted by atomic mass is 10.1. The predicted molar refractivity (Wildman–Crippen MR) is 81.7 cm³/mol. The van der Waals surface area contributed by atoms with Crippen molar-refractivity contribution in [3.8, 4) is 0 Å². The number of halogens is 1. The predicted octanol–water partition coefficient (Wildman–Crippen LogP) is 2.05. The van der Waals surface area contributed by atoms with E-state index in [1.807, 2.05) is 30.0 Å². The van der Waals surface area contributed by atoms with E-state index in [0.717, 1.165) is 5.56 Å². The van der Waals surface area contributed by atoms with Crippen LogP contribution < -0.4 is 5.32 Å². The Bertz CT molecular complexity index is 444. The van der Waals surface area contributed by atoms with E-state index < -0.39 is 5.60 Å². The Morgan fingerprint density at radius 2 is 2.05 bits per heavy atom. The van der Waals surface area contributed by atoms with Crippen molar-refractivity contribution >= 4 is 17.5 Å². The van der Waals surface area contributed by atoms with Crippen LogP contribution in [0.15, 0.2) is 24.3 Å². The Hall–Kier alpha value is -1.10. The van der Waals surface area contributed by atoms with Crippen LogP contribution in [0.25, 0.3) is 0 Å². The van der Waals surface area contributed by atoms with Crippen molar-refractivity contribution in [1.82, 2.24) is 10.2 Å². The van der Waals surface area contributed by atoms with Crippen LogP contribution in [0.4, 0.5) is 0 Å². The highest BCUT2D eigenvalue weighted by Crippen LogP contribution is 2.14. The van der Waals surface area contributed by atoms with E-state index in [1.165, 1.54) is 0 Å². The minimum absolute atomic E-state index is 0.0731. The van der Waals surface area contributed by atoms with Gasteiger partial charge in [0.2, 0.25) is 5.91 Å². The van der Waals surface area contributed by atoms with Crippen LogP contribution in [0.5, 0.6) is 0 Å². The lowest BCUT2D eigenvalue weighted by Crippen LogP contribution is -2.43. The summed E-state index contributed by atoms with van der Waals surface area (Å²) in [4.78, 5) is 13.8. The maximum absolute atomic E-state index is 11.9. The van der Waals surface area contributed by atoms with Crippen molar-refractivity contribution in [3.63, 3.8) is 0 Å². The van der Waals surface area contributed by atoms with Gasteiger partial charge in [-0.15, -0.1) is 0 Å². The molecule has 0 atom stereocenters. The first kappa shape index (κ1) is 17.0. The van der Waals surface area contributed by atoms with Gasteiger partial charge in [-0.3, -0.25) is 9.69 Å². The first-order valence-corrected chi connectivity index (χ1v) is 7.14. The van der Waals surface area contributed by atoms with Crippen molar-refractivity contribution < 1.29 is 9.90 Å². The zero-order chi connectivity index (χ0) is 15.2. The molecule has 2 N–H and O–H groups in total. The van der Waals surface area contributed by atoms with E-state index in [1.54, 1.807) is 19.9 Å². The summed E-state index contributed by atoms with van der Waals surface area (Å²) in [6, 6.07) is 7.43. The third-order valence-corrected chi connectivity index (χ3v) is 3.23. The number of carbonyl (C=O) groups excluding carboxylic acids is 1. The summed E-state index contributed by atoms with van der Waals surface area (Å²) in [5.41, 5.74) is 0.0898. The van der Waals surface area contributed by atoms with E-state index in [4.69, 9.17) is 11.6 Å². The number of benzene rings is 1. The van der Waals surface area contributed by atoms with Crippen molar-refractivity contribution in [2.75, 3.05) is 19.6 Å².